The molecular weight excluding hydrogens is 300 g/mol. The first-order valence-electron chi connectivity index (χ1n) is 5.64. The van der Waals surface area contributed by atoms with Gasteiger partial charge in [-0.1, -0.05) is 41.1 Å². The Bertz CT molecular complexity index is 456. The molecule has 1 unspecified atom stereocenters. The maximum absolute atomic E-state index is 11.9. The number of aliphatic hydroxyl groups excluding tert-OH is 1. The van der Waals surface area contributed by atoms with Gasteiger partial charge in [0, 0.05) is 22.9 Å². The van der Waals surface area contributed by atoms with E-state index in [0.29, 0.717) is 11.8 Å². The van der Waals surface area contributed by atoms with E-state index in [1.807, 2.05) is 6.92 Å². The van der Waals surface area contributed by atoms with Crippen LogP contribution in [0.25, 0.3) is 0 Å². The molecule has 0 amide bonds. The number of carbonyl (C=O) groups is 2. The van der Waals surface area contributed by atoms with Crippen LogP contribution in [0.5, 0.6) is 0 Å². The van der Waals surface area contributed by atoms with Crippen LogP contribution in [0.15, 0.2) is 18.2 Å². The number of aliphatic carboxylic acids is 1. The summed E-state index contributed by atoms with van der Waals surface area (Å²) < 4.78 is 0. The van der Waals surface area contributed by atoms with E-state index < -0.39 is 12.1 Å². The Kier molecular flexibility index (Phi) is 5.50. The standard InChI is InChI=1S/C13H15BrO4/c1-2-8-3-4-9(11(15)5-6-14)10(7-8)12(16)13(17)18/h3-4,7,12,16H,2,5-6H2,1H3,(H,17,18). The summed E-state index contributed by atoms with van der Waals surface area (Å²) in [5.41, 5.74) is 1.34. The van der Waals surface area contributed by atoms with Gasteiger partial charge in [0.2, 0.25) is 0 Å². The van der Waals surface area contributed by atoms with Crippen LogP contribution in [0.2, 0.25) is 0 Å². The van der Waals surface area contributed by atoms with E-state index in [1.165, 1.54) is 0 Å². The predicted octanol–water partition coefficient (Wildman–Crippen LogP) is 2.33. The molecule has 18 heavy (non-hydrogen) atoms. The number of ketones is 1. The van der Waals surface area contributed by atoms with E-state index in [2.05, 4.69) is 15.9 Å². The monoisotopic (exact) mass is 314 g/mol. The Hall–Kier alpha value is -1.20. The summed E-state index contributed by atoms with van der Waals surface area (Å²) >= 11 is 3.17. The Morgan fingerprint density at radius 1 is 1.39 bits per heavy atom. The molecule has 4 nitrogen and oxygen atoms in total. The molecule has 0 saturated carbocycles. The summed E-state index contributed by atoms with van der Waals surface area (Å²) in [6.07, 6.45) is -0.678. The van der Waals surface area contributed by atoms with Gasteiger partial charge in [0.05, 0.1) is 0 Å². The number of hydrogen-bond donors (Lipinski definition) is 2. The van der Waals surface area contributed by atoms with Crippen molar-refractivity contribution in [1.29, 1.82) is 0 Å². The topological polar surface area (TPSA) is 74.6 Å². The van der Waals surface area contributed by atoms with Crippen molar-refractivity contribution >= 4 is 27.7 Å². The van der Waals surface area contributed by atoms with Gasteiger partial charge in [0.1, 0.15) is 0 Å². The van der Waals surface area contributed by atoms with Gasteiger partial charge in [-0.2, -0.15) is 0 Å². The van der Waals surface area contributed by atoms with Gasteiger partial charge in [0.25, 0.3) is 0 Å². The van der Waals surface area contributed by atoms with Crippen LogP contribution in [0.1, 0.15) is 40.9 Å². The second-order valence-electron chi connectivity index (χ2n) is 3.88. The van der Waals surface area contributed by atoms with Crippen LogP contribution in [-0.2, 0) is 11.2 Å². The van der Waals surface area contributed by atoms with E-state index >= 15 is 0 Å². The summed E-state index contributed by atoms with van der Waals surface area (Å²) in [6, 6.07) is 4.95. The highest BCUT2D eigenvalue weighted by Gasteiger charge is 2.22. The normalized spacial score (nSPS) is 12.2. The molecule has 0 aliphatic carbocycles. The minimum absolute atomic E-state index is 0.174. The minimum Gasteiger partial charge on any atom is -0.479 e. The summed E-state index contributed by atoms with van der Waals surface area (Å²) in [4.78, 5) is 22.7. The zero-order valence-corrected chi connectivity index (χ0v) is 11.6. The number of carboxylic acid groups (broad SMARTS) is 1. The van der Waals surface area contributed by atoms with E-state index in [0.717, 1.165) is 5.56 Å². The molecule has 0 aliphatic rings. The zero-order chi connectivity index (χ0) is 13.7. The second kappa shape index (κ2) is 6.66. The van der Waals surface area contributed by atoms with E-state index in [-0.39, 0.29) is 23.3 Å². The fourth-order valence-corrected chi connectivity index (χ4v) is 2.03. The molecule has 1 aromatic rings. The first kappa shape index (κ1) is 14.9. The van der Waals surface area contributed by atoms with Crippen LogP contribution in [0.3, 0.4) is 0 Å². The molecule has 1 atom stereocenters. The number of rotatable bonds is 6. The van der Waals surface area contributed by atoms with Crippen molar-refractivity contribution in [1.82, 2.24) is 0 Å². The lowest BCUT2D eigenvalue weighted by Crippen LogP contribution is -2.15. The number of carbonyl (C=O) groups excluding carboxylic acids is 1. The minimum atomic E-state index is -1.66. The van der Waals surface area contributed by atoms with Crippen molar-refractivity contribution in [2.75, 3.05) is 5.33 Å². The largest absolute Gasteiger partial charge is 0.479 e. The smallest absolute Gasteiger partial charge is 0.337 e. The maximum Gasteiger partial charge on any atom is 0.337 e. The molecule has 1 rings (SSSR count). The Labute approximate surface area is 114 Å². The zero-order valence-electron chi connectivity index (χ0n) is 10.0. The molecule has 0 saturated heterocycles. The van der Waals surface area contributed by atoms with Crippen molar-refractivity contribution < 1.29 is 19.8 Å². The van der Waals surface area contributed by atoms with Crippen molar-refractivity contribution in [3.63, 3.8) is 0 Å². The number of aliphatic hydroxyl groups is 1. The van der Waals surface area contributed by atoms with Crippen molar-refractivity contribution in [2.45, 2.75) is 25.9 Å². The van der Waals surface area contributed by atoms with E-state index in [4.69, 9.17) is 5.11 Å². The number of hydrogen-bond acceptors (Lipinski definition) is 3. The average Bonchev–Trinajstić information content (AvgIpc) is 2.37. The second-order valence-corrected chi connectivity index (χ2v) is 4.67. The van der Waals surface area contributed by atoms with Gasteiger partial charge in [-0.25, -0.2) is 4.79 Å². The van der Waals surface area contributed by atoms with Gasteiger partial charge < -0.3 is 10.2 Å². The highest BCUT2D eigenvalue weighted by Crippen LogP contribution is 2.22. The fourth-order valence-electron chi connectivity index (χ4n) is 1.67. The SMILES string of the molecule is CCc1ccc(C(=O)CCBr)c(C(O)C(=O)O)c1. The van der Waals surface area contributed by atoms with Crippen LogP contribution < -0.4 is 0 Å². The number of carboxylic acids is 1. The molecule has 0 aliphatic heterocycles. The lowest BCUT2D eigenvalue weighted by molar-refractivity contribution is -0.146. The maximum atomic E-state index is 11.9. The number of alkyl halides is 1. The Morgan fingerprint density at radius 3 is 2.56 bits per heavy atom. The third-order valence-electron chi connectivity index (χ3n) is 2.67. The van der Waals surface area contributed by atoms with Crippen molar-refractivity contribution in [2.24, 2.45) is 0 Å². The lowest BCUT2D eigenvalue weighted by Gasteiger charge is -2.13. The molecule has 0 heterocycles. The number of aryl methyl sites for hydroxylation is 1. The first-order valence-corrected chi connectivity index (χ1v) is 6.76. The summed E-state index contributed by atoms with van der Waals surface area (Å²) in [5, 5.41) is 19.0. The van der Waals surface area contributed by atoms with Crippen LogP contribution in [0.4, 0.5) is 0 Å². The van der Waals surface area contributed by atoms with Crippen LogP contribution in [0, 0.1) is 0 Å². The lowest BCUT2D eigenvalue weighted by atomic mass is 9.95. The molecule has 5 heteroatoms. The van der Waals surface area contributed by atoms with Gasteiger partial charge >= 0.3 is 5.97 Å². The average molecular weight is 315 g/mol. The number of benzene rings is 1. The molecule has 0 aromatic heterocycles. The molecule has 1 aromatic carbocycles. The highest BCUT2D eigenvalue weighted by atomic mass is 79.9. The fraction of sp³-hybridized carbons (Fsp3) is 0.385. The molecule has 0 fully saturated rings. The van der Waals surface area contributed by atoms with E-state index in [9.17, 15) is 14.7 Å². The van der Waals surface area contributed by atoms with Gasteiger partial charge in [-0.15, -0.1) is 0 Å². The third kappa shape index (κ3) is 3.40. The first-order chi connectivity index (χ1) is 8.51. The molecule has 0 bridgehead atoms. The predicted molar refractivity (Wildman–Crippen MR) is 71.2 cm³/mol. The molecule has 0 radical (unpaired) electrons. The number of halogens is 1. The Morgan fingerprint density at radius 2 is 2.06 bits per heavy atom. The van der Waals surface area contributed by atoms with Gasteiger partial charge in [-0.3, -0.25) is 4.79 Å². The van der Waals surface area contributed by atoms with Crippen molar-refractivity contribution in [3.05, 3.63) is 34.9 Å². The molecule has 98 valence electrons. The summed E-state index contributed by atoms with van der Waals surface area (Å²) in [5.74, 6) is -1.53. The molecule has 2 N–H and O–H groups in total. The quantitative estimate of drug-likeness (QED) is 0.624. The number of Topliss-reactive ketones (excluding diaryl/α,β-unsaturated/α-hetero) is 1. The van der Waals surface area contributed by atoms with Gasteiger partial charge in [-0.05, 0) is 12.0 Å². The summed E-state index contributed by atoms with van der Waals surface area (Å²) in [6.45, 7) is 1.92. The highest BCUT2D eigenvalue weighted by molar-refractivity contribution is 9.09. The van der Waals surface area contributed by atoms with Crippen LogP contribution in [-0.4, -0.2) is 27.3 Å². The Balaban J connectivity index is 3.24. The molecular formula is C13H15BrO4. The van der Waals surface area contributed by atoms with Gasteiger partial charge in [0.15, 0.2) is 11.9 Å². The van der Waals surface area contributed by atoms with Crippen LogP contribution >= 0.6 is 15.9 Å². The van der Waals surface area contributed by atoms with E-state index in [1.54, 1.807) is 18.2 Å². The third-order valence-corrected chi connectivity index (χ3v) is 3.07. The van der Waals surface area contributed by atoms with Crippen molar-refractivity contribution in [3.8, 4) is 0 Å². The molecule has 0 spiro atoms. The summed E-state index contributed by atoms with van der Waals surface area (Å²) in [7, 11) is 0.